The van der Waals surface area contributed by atoms with Gasteiger partial charge in [0, 0.05) is 13.1 Å². The van der Waals surface area contributed by atoms with Crippen molar-refractivity contribution in [1.29, 1.82) is 0 Å². The minimum atomic E-state index is -1.94. The van der Waals surface area contributed by atoms with E-state index in [4.69, 9.17) is 81.8 Å². The van der Waals surface area contributed by atoms with Crippen LogP contribution in [0.1, 0.15) is 0 Å². The second-order valence-corrected chi connectivity index (χ2v) is 8.60. The van der Waals surface area contributed by atoms with Crippen molar-refractivity contribution in [2.75, 3.05) is 13.1 Å². The van der Waals surface area contributed by atoms with Gasteiger partial charge in [-0.3, -0.25) is 0 Å². The largest absolute Gasteiger partial charge is 0.369 e. The monoisotopic (exact) mass is 394 g/mol. The Labute approximate surface area is 139 Å². The zero-order chi connectivity index (χ0) is 14.3. The summed E-state index contributed by atoms with van der Waals surface area (Å²) < 4.78 is -3.88. The summed E-state index contributed by atoms with van der Waals surface area (Å²) in [5, 5.41) is 19.6. The zero-order valence-corrected chi connectivity index (χ0v) is 13.9. The minimum Gasteiger partial charge on any atom is -0.369 e. The molecule has 0 bridgehead atoms. The van der Waals surface area contributed by atoms with Gasteiger partial charge in [-0.05, 0) is 12.2 Å². The van der Waals surface area contributed by atoms with Gasteiger partial charge in [-0.15, -0.1) is 0 Å². The van der Waals surface area contributed by atoms with Crippen LogP contribution in [0.5, 0.6) is 0 Å². The maximum atomic E-state index is 9.79. The molecule has 1 aliphatic rings. The van der Waals surface area contributed by atoms with Crippen LogP contribution in [0.2, 0.25) is 0 Å². The Hall–Kier alpha value is 1.35. The number of rotatable bonds is 2. The van der Waals surface area contributed by atoms with Gasteiger partial charge >= 0.3 is 0 Å². The molecular weight excluding hydrogens is 389 g/mol. The van der Waals surface area contributed by atoms with E-state index in [1.807, 2.05) is 0 Å². The molecule has 0 saturated carbocycles. The Morgan fingerprint density at radius 2 is 1.17 bits per heavy atom. The highest BCUT2D eigenvalue weighted by molar-refractivity contribution is 7.80. The van der Waals surface area contributed by atoms with E-state index in [2.05, 4.69) is 0 Å². The van der Waals surface area contributed by atoms with Crippen molar-refractivity contribution in [3.63, 3.8) is 0 Å². The minimum absolute atomic E-state index is 0.0349. The molecule has 2 unspecified atom stereocenters. The number of hydrogen-bond acceptors (Lipinski definition) is 3. The zero-order valence-electron chi connectivity index (χ0n) is 8.53. The van der Waals surface area contributed by atoms with E-state index in [1.165, 1.54) is 9.80 Å². The van der Waals surface area contributed by atoms with Crippen molar-refractivity contribution in [2.45, 2.75) is 20.0 Å². The lowest BCUT2D eigenvalue weighted by molar-refractivity contribution is 0.0579. The number of aliphatic hydroxyl groups is 2. The van der Waals surface area contributed by atoms with Crippen LogP contribution in [-0.4, -0.2) is 58.3 Å². The molecule has 1 heterocycles. The maximum Gasteiger partial charge on any atom is 0.234 e. The van der Waals surface area contributed by atoms with Crippen LogP contribution in [-0.2, 0) is 0 Å². The highest BCUT2D eigenvalue weighted by Crippen LogP contribution is 2.37. The normalized spacial score (nSPS) is 21.4. The SMILES string of the molecule is OC(N1CCN(C(O)C(Cl)(Cl)Cl)C1=S)C(Cl)(Cl)Cl. The summed E-state index contributed by atoms with van der Waals surface area (Å²) in [6, 6.07) is 0. The molecule has 4 nitrogen and oxygen atoms in total. The van der Waals surface area contributed by atoms with Crippen molar-refractivity contribution in [2.24, 2.45) is 0 Å². The van der Waals surface area contributed by atoms with Gasteiger partial charge in [0.05, 0.1) is 0 Å². The molecular formula is C7H8Cl6N2O2S. The number of alkyl halides is 6. The average Bonchev–Trinajstić information content (AvgIpc) is 2.55. The Morgan fingerprint density at radius 3 is 1.39 bits per heavy atom. The Bertz CT molecular complexity index is 303. The lowest BCUT2D eigenvalue weighted by atomic mass is 10.5. The quantitative estimate of drug-likeness (QED) is 0.554. The summed E-state index contributed by atoms with van der Waals surface area (Å²) in [5.74, 6) is 0. The van der Waals surface area contributed by atoms with Gasteiger partial charge in [-0.1, -0.05) is 69.6 Å². The second-order valence-electron chi connectivity index (χ2n) is 3.50. The molecule has 0 radical (unpaired) electrons. The second kappa shape index (κ2) is 6.00. The Kier molecular flexibility index (Phi) is 5.80. The van der Waals surface area contributed by atoms with E-state index in [1.54, 1.807) is 0 Å². The lowest BCUT2D eigenvalue weighted by Crippen LogP contribution is -2.50. The molecule has 0 aliphatic carbocycles. The van der Waals surface area contributed by atoms with Gasteiger partial charge < -0.3 is 20.0 Å². The molecule has 18 heavy (non-hydrogen) atoms. The summed E-state index contributed by atoms with van der Waals surface area (Å²) in [6.07, 6.45) is -2.91. The van der Waals surface area contributed by atoms with Crippen LogP contribution < -0.4 is 0 Å². The first-order chi connectivity index (χ1) is 7.96. The topological polar surface area (TPSA) is 46.9 Å². The van der Waals surface area contributed by atoms with Crippen LogP contribution in [0, 0.1) is 0 Å². The summed E-state index contributed by atoms with van der Waals surface area (Å²) in [7, 11) is 0. The lowest BCUT2D eigenvalue weighted by Gasteiger charge is -2.33. The molecule has 1 aliphatic heterocycles. The highest BCUT2D eigenvalue weighted by Gasteiger charge is 2.45. The van der Waals surface area contributed by atoms with E-state index in [-0.39, 0.29) is 18.2 Å². The third kappa shape index (κ3) is 3.93. The predicted molar refractivity (Wildman–Crippen MR) is 78.6 cm³/mol. The third-order valence-electron chi connectivity index (χ3n) is 2.25. The summed E-state index contributed by atoms with van der Waals surface area (Å²) in [6.45, 7) is 0.456. The first-order valence-electron chi connectivity index (χ1n) is 4.53. The fraction of sp³-hybridized carbons (Fsp3) is 0.857. The maximum absolute atomic E-state index is 9.79. The molecule has 0 aromatic carbocycles. The van der Waals surface area contributed by atoms with Crippen molar-refractivity contribution in [3.05, 3.63) is 0 Å². The van der Waals surface area contributed by atoms with E-state index in [9.17, 15) is 10.2 Å². The van der Waals surface area contributed by atoms with Crippen molar-refractivity contribution in [1.82, 2.24) is 9.80 Å². The van der Waals surface area contributed by atoms with Gasteiger partial charge in [0.1, 0.15) is 0 Å². The number of nitrogens with zero attached hydrogens (tertiary/aromatic N) is 2. The van der Waals surface area contributed by atoms with E-state index < -0.39 is 20.0 Å². The first kappa shape index (κ1) is 17.4. The summed E-state index contributed by atoms with van der Waals surface area (Å²) in [4.78, 5) is 2.45. The van der Waals surface area contributed by atoms with E-state index >= 15 is 0 Å². The van der Waals surface area contributed by atoms with Crippen LogP contribution in [0.15, 0.2) is 0 Å². The van der Waals surface area contributed by atoms with Crippen molar-refractivity contribution >= 4 is 86.9 Å². The summed E-state index contributed by atoms with van der Waals surface area (Å²) >= 11 is 38.4. The Balaban J connectivity index is 2.80. The molecule has 1 rings (SSSR count). The van der Waals surface area contributed by atoms with Crippen molar-refractivity contribution < 1.29 is 10.2 Å². The number of hydrogen-bond donors (Lipinski definition) is 2. The van der Waals surface area contributed by atoms with Crippen molar-refractivity contribution in [3.8, 4) is 0 Å². The Morgan fingerprint density at radius 1 is 0.889 bits per heavy atom. The smallest absolute Gasteiger partial charge is 0.234 e. The number of halogens is 6. The van der Waals surface area contributed by atoms with E-state index in [0.717, 1.165) is 0 Å². The fourth-order valence-corrected chi connectivity index (χ4v) is 2.47. The van der Waals surface area contributed by atoms with Crippen LogP contribution in [0.4, 0.5) is 0 Å². The van der Waals surface area contributed by atoms with Gasteiger partial charge in [0.25, 0.3) is 0 Å². The molecule has 1 saturated heterocycles. The molecule has 0 aromatic rings. The van der Waals surface area contributed by atoms with Gasteiger partial charge in [0.15, 0.2) is 17.6 Å². The van der Waals surface area contributed by atoms with E-state index in [0.29, 0.717) is 0 Å². The third-order valence-corrected chi connectivity index (χ3v) is 3.89. The van der Waals surface area contributed by atoms with Gasteiger partial charge in [-0.2, -0.15) is 0 Å². The number of aliphatic hydroxyl groups excluding tert-OH is 2. The molecule has 2 atom stereocenters. The van der Waals surface area contributed by atoms with Crippen LogP contribution in [0.3, 0.4) is 0 Å². The molecule has 0 amide bonds. The molecule has 0 aromatic heterocycles. The molecule has 2 N–H and O–H groups in total. The molecule has 11 heteroatoms. The van der Waals surface area contributed by atoms with Crippen LogP contribution >= 0.6 is 81.8 Å². The molecule has 1 fully saturated rings. The fourth-order valence-electron chi connectivity index (χ4n) is 1.38. The highest BCUT2D eigenvalue weighted by atomic mass is 35.6. The summed E-state index contributed by atoms with van der Waals surface area (Å²) in [5.41, 5.74) is 0. The predicted octanol–water partition coefficient (Wildman–Crippen LogP) is 2.27. The standard InChI is InChI=1S/C7H8Cl6N2O2S/c8-6(9,10)3(16)14-1-2-15(5(14)18)4(17)7(11,12)13/h3-4,16-17H,1-2H2. The number of thiocarbonyl (C=S) groups is 1. The first-order valence-corrected chi connectivity index (χ1v) is 7.20. The average molecular weight is 397 g/mol. The van der Waals surface area contributed by atoms with Gasteiger partial charge in [-0.25, -0.2) is 0 Å². The van der Waals surface area contributed by atoms with Gasteiger partial charge in [0.2, 0.25) is 7.59 Å². The van der Waals surface area contributed by atoms with Crippen LogP contribution in [0.25, 0.3) is 0 Å². The molecule has 106 valence electrons. The molecule has 0 spiro atoms.